The Hall–Kier alpha value is 0.310. The maximum absolute atomic E-state index is 4.94. The van der Waals surface area contributed by atoms with Gasteiger partial charge in [-0.15, -0.1) is 0 Å². The lowest BCUT2D eigenvalue weighted by Crippen LogP contribution is -2.05. The molecule has 1 atom stereocenters. The Morgan fingerprint density at radius 3 is 2.62 bits per heavy atom. The normalized spacial score (nSPS) is 13.9. The van der Waals surface area contributed by atoms with E-state index in [1.54, 1.807) is 7.11 Å². The van der Waals surface area contributed by atoms with Crippen LogP contribution in [0.1, 0.15) is 6.92 Å². The number of rotatable bonds is 4. The van der Waals surface area contributed by atoms with Gasteiger partial charge in [0.25, 0.3) is 0 Å². The third-order valence-electron chi connectivity index (χ3n) is 0.902. The second-order valence-electron chi connectivity index (χ2n) is 2.02. The Kier molecular flexibility index (Phi) is 5.66. The largest absolute Gasteiger partial charge is 0.384 e. The highest BCUT2D eigenvalue weighted by Gasteiger charge is 1.96. The molecule has 0 aliphatic heterocycles. The van der Waals surface area contributed by atoms with Crippen molar-refractivity contribution in [3.05, 3.63) is 0 Å². The lowest BCUT2D eigenvalue weighted by molar-refractivity contribution is 0.168. The van der Waals surface area contributed by atoms with Gasteiger partial charge in [0.15, 0.2) is 0 Å². The Balaban J connectivity index is 2.92. The van der Waals surface area contributed by atoms with Crippen molar-refractivity contribution in [2.75, 3.05) is 25.7 Å². The Bertz CT molecular complexity index is 41.8. The summed E-state index contributed by atoms with van der Waals surface area (Å²) in [6, 6.07) is 0. The highest BCUT2D eigenvalue weighted by atomic mass is 32.2. The van der Waals surface area contributed by atoms with Gasteiger partial charge in [0.2, 0.25) is 0 Å². The van der Waals surface area contributed by atoms with E-state index in [-0.39, 0.29) is 0 Å². The van der Waals surface area contributed by atoms with Crippen LogP contribution >= 0.6 is 11.8 Å². The van der Waals surface area contributed by atoms with Crippen molar-refractivity contribution in [3.63, 3.8) is 0 Å². The van der Waals surface area contributed by atoms with E-state index in [1.807, 2.05) is 11.8 Å². The summed E-state index contributed by atoms with van der Waals surface area (Å²) in [5, 5.41) is 0. The lowest BCUT2D eigenvalue weighted by Gasteiger charge is -2.05. The molecule has 0 saturated carbocycles. The first-order valence-electron chi connectivity index (χ1n) is 2.79. The van der Waals surface area contributed by atoms with Gasteiger partial charge in [0.1, 0.15) is 0 Å². The molecule has 0 radical (unpaired) electrons. The number of ether oxygens (including phenoxy) is 1. The predicted octanol–water partition coefficient (Wildman–Crippen LogP) is 1.63. The fourth-order valence-electron chi connectivity index (χ4n) is 0.617. The van der Waals surface area contributed by atoms with Gasteiger partial charge >= 0.3 is 0 Å². The Labute approximate surface area is 55.8 Å². The van der Waals surface area contributed by atoms with Crippen LogP contribution < -0.4 is 0 Å². The van der Waals surface area contributed by atoms with Crippen molar-refractivity contribution >= 4 is 11.8 Å². The van der Waals surface area contributed by atoms with Crippen molar-refractivity contribution < 1.29 is 4.74 Å². The molecule has 0 fully saturated rings. The average Bonchev–Trinajstić information content (AvgIpc) is 1.68. The van der Waals surface area contributed by atoms with Crippen molar-refractivity contribution in [1.29, 1.82) is 0 Å². The van der Waals surface area contributed by atoms with Crippen LogP contribution in [0.25, 0.3) is 0 Å². The molecule has 0 saturated heterocycles. The van der Waals surface area contributed by atoms with Crippen molar-refractivity contribution in [1.82, 2.24) is 0 Å². The maximum Gasteiger partial charge on any atom is 0.0495 e. The molecular formula is C6H14OS. The van der Waals surface area contributed by atoms with E-state index < -0.39 is 0 Å². The molecule has 50 valence electrons. The third kappa shape index (κ3) is 4.47. The fourth-order valence-corrected chi connectivity index (χ4v) is 1.28. The van der Waals surface area contributed by atoms with Gasteiger partial charge < -0.3 is 4.74 Å². The summed E-state index contributed by atoms with van der Waals surface area (Å²) in [5.41, 5.74) is 0. The first kappa shape index (κ1) is 8.31. The van der Waals surface area contributed by atoms with Gasteiger partial charge in [0, 0.05) is 13.7 Å². The molecule has 0 aliphatic rings. The molecule has 1 unspecified atom stereocenters. The molecule has 0 aromatic rings. The van der Waals surface area contributed by atoms with Crippen LogP contribution in [-0.2, 0) is 4.74 Å². The third-order valence-corrected chi connectivity index (χ3v) is 1.80. The summed E-state index contributed by atoms with van der Waals surface area (Å²) in [6.45, 7) is 3.08. The maximum atomic E-state index is 4.94. The molecule has 0 N–H and O–H groups in total. The molecule has 0 heterocycles. The lowest BCUT2D eigenvalue weighted by atomic mass is 10.2. The minimum absolute atomic E-state index is 0.704. The average molecular weight is 134 g/mol. The van der Waals surface area contributed by atoms with Crippen LogP contribution in [0, 0.1) is 5.92 Å². The summed E-state index contributed by atoms with van der Waals surface area (Å²) in [7, 11) is 1.75. The molecule has 0 aromatic heterocycles. The van der Waals surface area contributed by atoms with Crippen molar-refractivity contribution in [3.8, 4) is 0 Å². The zero-order valence-corrected chi connectivity index (χ0v) is 6.62. The topological polar surface area (TPSA) is 9.23 Å². The van der Waals surface area contributed by atoms with Gasteiger partial charge in [-0.25, -0.2) is 0 Å². The first-order chi connectivity index (χ1) is 3.81. The van der Waals surface area contributed by atoms with E-state index in [0.29, 0.717) is 5.92 Å². The van der Waals surface area contributed by atoms with E-state index in [4.69, 9.17) is 4.74 Å². The smallest absolute Gasteiger partial charge is 0.0495 e. The van der Waals surface area contributed by atoms with Gasteiger partial charge in [-0.3, -0.25) is 0 Å². The second-order valence-corrected chi connectivity index (χ2v) is 2.93. The summed E-state index contributed by atoms with van der Waals surface area (Å²) < 4.78 is 4.94. The predicted molar refractivity (Wildman–Crippen MR) is 39.4 cm³/mol. The molecule has 2 heteroatoms. The summed E-state index contributed by atoms with van der Waals surface area (Å²) in [5.74, 6) is 1.91. The number of thioether (sulfide) groups is 1. The van der Waals surface area contributed by atoms with Gasteiger partial charge in [-0.2, -0.15) is 11.8 Å². The number of hydrogen-bond donors (Lipinski definition) is 0. The minimum atomic E-state index is 0.704. The standard InChI is InChI=1S/C6H14OS/c1-6(4-7-2)5-8-3/h6H,4-5H2,1-3H3. The molecule has 0 aromatic carbocycles. The van der Waals surface area contributed by atoms with E-state index in [9.17, 15) is 0 Å². The summed E-state index contributed by atoms with van der Waals surface area (Å²) in [6.07, 6.45) is 2.12. The highest BCUT2D eigenvalue weighted by molar-refractivity contribution is 7.98. The van der Waals surface area contributed by atoms with E-state index in [2.05, 4.69) is 13.2 Å². The zero-order chi connectivity index (χ0) is 6.41. The zero-order valence-electron chi connectivity index (χ0n) is 5.81. The van der Waals surface area contributed by atoms with Gasteiger partial charge in [-0.05, 0) is 17.9 Å². The monoisotopic (exact) mass is 134 g/mol. The molecule has 0 rings (SSSR count). The highest BCUT2D eigenvalue weighted by Crippen LogP contribution is 2.03. The quantitative estimate of drug-likeness (QED) is 0.578. The molecule has 0 bridgehead atoms. The first-order valence-corrected chi connectivity index (χ1v) is 4.18. The molecule has 1 nitrogen and oxygen atoms in total. The SMILES string of the molecule is COCC(C)CSC. The number of methoxy groups -OCH3 is 1. The summed E-state index contributed by atoms with van der Waals surface area (Å²) in [4.78, 5) is 0. The van der Waals surface area contributed by atoms with Crippen LogP contribution in [0.4, 0.5) is 0 Å². The van der Waals surface area contributed by atoms with Crippen LogP contribution in [0.15, 0.2) is 0 Å². The van der Waals surface area contributed by atoms with Crippen LogP contribution in [-0.4, -0.2) is 25.7 Å². The van der Waals surface area contributed by atoms with Gasteiger partial charge in [-0.1, -0.05) is 6.92 Å². The van der Waals surface area contributed by atoms with Crippen LogP contribution in [0.5, 0.6) is 0 Å². The van der Waals surface area contributed by atoms with E-state index in [0.717, 1.165) is 6.61 Å². The Morgan fingerprint density at radius 2 is 2.25 bits per heavy atom. The van der Waals surface area contributed by atoms with Crippen LogP contribution in [0.3, 0.4) is 0 Å². The Morgan fingerprint density at radius 1 is 1.62 bits per heavy atom. The summed E-state index contributed by atoms with van der Waals surface area (Å²) >= 11 is 1.87. The fraction of sp³-hybridized carbons (Fsp3) is 1.00. The van der Waals surface area contributed by atoms with Crippen molar-refractivity contribution in [2.45, 2.75) is 6.92 Å². The molecular weight excluding hydrogens is 120 g/mol. The molecule has 0 spiro atoms. The van der Waals surface area contributed by atoms with Crippen molar-refractivity contribution in [2.24, 2.45) is 5.92 Å². The second kappa shape index (κ2) is 5.45. The molecule has 8 heavy (non-hydrogen) atoms. The minimum Gasteiger partial charge on any atom is -0.384 e. The molecule has 0 amide bonds. The van der Waals surface area contributed by atoms with Crippen LogP contribution in [0.2, 0.25) is 0 Å². The molecule has 0 aliphatic carbocycles. The van der Waals surface area contributed by atoms with E-state index in [1.165, 1.54) is 5.75 Å². The number of hydrogen-bond acceptors (Lipinski definition) is 2. The van der Waals surface area contributed by atoms with Gasteiger partial charge in [0.05, 0.1) is 0 Å². The van der Waals surface area contributed by atoms with E-state index >= 15 is 0 Å².